The first kappa shape index (κ1) is 13.5. The van der Waals surface area contributed by atoms with Gasteiger partial charge in [-0.15, -0.1) is 11.8 Å². The first-order valence-electron chi connectivity index (χ1n) is 6.95. The molecule has 1 aliphatic heterocycles. The minimum absolute atomic E-state index is 0.0113. The number of benzene rings is 1. The van der Waals surface area contributed by atoms with Crippen molar-refractivity contribution >= 4 is 29.3 Å². The van der Waals surface area contributed by atoms with Crippen molar-refractivity contribution in [3.63, 3.8) is 0 Å². The first-order valence-corrected chi connectivity index (χ1v) is 7.94. The predicted octanol–water partition coefficient (Wildman–Crippen LogP) is 2.79. The maximum Gasteiger partial charge on any atom is 0.251 e. The summed E-state index contributed by atoms with van der Waals surface area (Å²) in [5, 5.41) is 5.95. The van der Waals surface area contributed by atoms with Gasteiger partial charge in [0.25, 0.3) is 5.91 Å². The Bertz CT molecular complexity index is 565. The summed E-state index contributed by atoms with van der Waals surface area (Å²) in [5.41, 5.74) is 1.28. The molecule has 1 aromatic rings. The second-order valence-corrected chi connectivity index (χ2v) is 6.79. The lowest BCUT2D eigenvalue weighted by atomic mass is 10.00. The van der Waals surface area contributed by atoms with Gasteiger partial charge in [-0.05, 0) is 38.0 Å². The summed E-state index contributed by atoms with van der Waals surface area (Å²) >= 11 is 1.51. The number of amides is 2. The summed E-state index contributed by atoms with van der Waals surface area (Å²) in [5.74, 6) is 0.376. The standard InChI is InChI=1S/C15H18N2O2S/c1-15(6-2-3-7-15)17-14(19)10-4-5-12-11(8-10)16-13(18)9-20-12/h4-5,8H,2-3,6-7,9H2,1H3,(H,16,18)(H,17,19). The van der Waals surface area contributed by atoms with Crippen LogP contribution in [0.15, 0.2) is 23.1 Å². The van der Waals surface area contributed by atoms with Gasteiger partial charge in [0.15, 0.2) is 0 Å². The minimum Gasteiger partial charge on any atom is -0.347 e. The Labute approximate surface area is 122 Å². The van der Waals surface area contributed by atoms with Gasteiger partial charge in [-0.1, -0.05) is 12.8 Å². The molecule has 1 aliphatic carbocycles. The molecule has 0 unspecified atom stereocenters. The molecule has 0 atom stereocenters. The van der Waals surface area contributed by atoms with Crippen LogP contribution in [-0.4, -0.2) is 23.1 Å². The van der Waals surface area contributed by atoms with E-state index in [9.17, 15) is 9.59 Å². The number of fused-ring (bicyclic) bond motifs is 1. The Morgan fingerprint density at radius 1 is 1.35 bits per heavy atom. The Morgan fingerprint density at radius 3 is 2.85 bits per heavy atom. The van der Waals surface area contributed by atoms with Crippen LogP contribution >= 0.6 is 11.8 Å². The molecule has 106 valence electrons. The van der Waals surface area contributed by atoms with Crippen molar-refractivity contribution in [3.8, 4) is 0 Å². The molecule has 2 aliphatic rings. The molecule has 0 aromatic heterocycles. The van der Waals surface area contributed by atoms with E-state index in [1.54, 1.807) is 6.07 Å². The smallest absolute Gasteiger partial charge is 0.251 e. The number of hydrogen-bond acceptors (Lipinski definition) is 3. The summed E-state index contributed by atoms with van der Waals surface area (Å²) < 4.78 is 0. The van der Waals surface area contributed by atoms with Crippen molar-refractivity contribution < 1.29 is 9.59 Å². The highest BCUT2D eigenvalue weighted by Crippen LogP contribution is 2.33. The Hall–Kier alpha value is -1.49. The van der Waals surface area contributed by atoms with Gasteiger partial charge < -0.3 is 10.6 Å². The Morgan fingerprint density at radius 2 is 2.10 bits per heavy atom. The van der Waals surface area contributed by atoms with E-state index >= 15 is 0 Å². The van der Waals surface area contributed by atoms with Crippen molar-refractivity contribution in [3.05, 3.63) is 23.8 Å². The minimum atomic E-state index is -0.0784. The normalized spacial score (nSPS) is 20.1. The van der Waals surface area contributed by atoms with Crippen LogP contribution in [0.1, 0.15) is 43.0 Å². The van der Waals surface area contributed by atoms with E-state index in [0.29, 0.717) is 11.3 Å². The molecular weight excluding hydrogens is 272 g/mol. The fourth-order valence-corrected chi connectivity index (χ4v) is 3.64. The van der Waals surface area contributed by atoms with Gasteiger partial charge in [-0.3, -0.25) is 9.59 Å². The largest absolute Gasteiger partial charge is 0.347 e. The van der Waals surface area contributed by atoms with Crippen molar-refractivity contribution in [2.45, 2.75) is 43.0 Å². The van der Waals surface area contributed by atoms with E-state index in [4.69, 9.17) is 0 Å². The van der Waals surface area contributed by atoms with Crippen LogP contribution in [0.25, 0.3) is 0 Å². The average Bonchev–Trinajstić information content (AvgIpc) is 2.84. The fourth-order valence-electron chi connectivity index (χ4n) is 2.85. The summed E-state index contributed by atoms with van der Waals surface area (Å²) in [6.07, 6.45) is 4.42. The second kappa shape index (κ2) is 5.13. The number of nitrogens with one attached hydrogen (secondary N) is 2. The van der Waals surface area contributed by atoms with Crippen molar-refractivity contribution in [1.29, 1.82) is 0 Å². The number of carbonyl (C=O) groups excluding carboxylic acids is 2. The highest BCUT2D eigenvalue weighted by atomic mass is 32.2. The summed E-state index contributed by atoms with van der Waals surface area (Å²) in [6.45, 7) is 2.11. The zero-order valence-electron chi connectivity index (χ0n) is 11.5. The zero-order valence-corrected chi connectivity index (χ0v) is 12.3. The van der Waals surface area contributed by atoms with E-state index in [1.807, 2.05) is 12.1 Å². The number of rotatable bonds is 2. The van der Waals surface area contributed by atoms with Gasteiger partial charge in [-0.2, -0.15) is 0 Å². The maximum absolute atomic E-state index is 12.3. The van der Waals surface area contributed by atoms with Gasteiger partial charge in [0.1, 0.15) is 0 Å². The van der Waals surface area contributed by atoms with Crippen LogP contribution in [0.3, 0.4) is 0 Å². The molecule has 20 heavy (non-hydrogen) atoms. The van der Waals surface area contributed by atoms with E-state index in [2.05, 4.69) is 17.6 Å². The molecule has 4 nitrogen and oxygen atoms in total. The van der Waals surface area contributed by atoms with Crippen molar-refractivity contribution in [2.75, 3.05) is 11.1 Å². The molecule has 1 heterocycles. The van der Waals surface area contributed by atoms with E-state index in [1.165, 1.54) is 24.6 Å². The lowest BCUT2D eigenvalue weighted by molar-refractivity contribution is -0.113. The third-order valence-corrected chi connectivity index (χ3v) is 5.07. The molecule has 3 rings (SSSR count). The molecule has 0 spiro atoms. The van der Waals surface area contributed by atoms with E-state index in [-0.39, 0.29) is 17.4 Å². The average molecular weight is 290 g/mol. The molecule has 5 heteroatoms. The van der Waals surface area contributed by atoms with Gasteiger partial charge in [0, 0.05) is 16.0 Å². The maximum atomic E-state index is 12.3. The summed E-state index contributed by atoms with van der Waals surface area (Å²) in [4.78, 5) is 24.8. The SMILES string of the molecule is CC1(NC(=O)c2ccc3c(c2)NC(=O)CS3)CCCC1. The van der Waals surface area contributed by atoms with Crippen molar-refractivity contribution in [1.82, 2.24) is 5.32 Å². The molecule has 1 fully saturated rings. The second-order valence-electron chi connectivity index (χ2n) is 5.77. The molecule has 0 saturated heterocycles. The third kappa shape index (κ3) is 2.68. The summed E-state index contributed by atoms with van der Waals surface area (Å²) in [6, 6.07) is 5.51. The number of anilines is 1. The lowest BCUT2D eigenvalue weighted by Gasteiger charge is -2.25. The van der Waals surface area contributed by atoms with Crippen LogP contribution in [0.2, 0.25) is 0 Å². The third-order valence-electron chi connectivity index (χ3n) is 4.00. The van der Waals surface area contributed by atoms with Gasteiger partial charge >= 0.3 is 0 Å². The number of hydrogen-bond donors (Lipinski definition) is 2. The molecular formula is C15H18N2O2S. The molecule has 2 N–H and O–H groups in total. The molecule has 2 amide bonds. The van der Waals surface area contributed by atoms with Crippen molar-refractivity contribution in [2.24, 2.45) is 0 Å². The quantitative estimate of drug-likeness (QED) is 0.880. The molecule has 1 aromatic carbocycles. The molecule has 1 saturated carbocycles. The highest BCUT2D eigenvalue weighted by molar-refractivity contribution is 8.00. The highest BCUT2D eigenvalue weighted by Gasteiger charge is 2.30. The number of carbonyl (C=O) groups is 2. The first-order chi connectivity index (χ1) is 9.56. The van der Waals surface area contributed by atoms with Crippen LogP contribution in [0, 0.1) is 0 Å². The predicted molar refractivity (Wildman–Crippen MR) is 80.1 cm³/mol. The zero-order chi connectivity index (χ0) is 14.2. The lowest BCUT2D eigenvalue weighted by Crippen LogP contribution is -2.43. The van der Waals surface area contributed by atoms with Gasteiger partial charge in [-0.25, -0.2) is 0 Å². The topological polar surface area (TPSA) is 58.2 Å². The van der Waals surface area contributed by atoms with Crippen LogP contribution in [0.4, 0.5) is 5.69 Å². The van der Waals surface area contributed by atoms with E-state index < -0.39 is 0 Å². The van der Waals surface area contributed by atoms with Gasteiger partial charge in [0.05, 0.1) is 11.4 Å². The van der Waals surface area contributed by atoms with Crippen LogP contribution in [0.5, 0.6) is 0 Å². The van der Waals surface area contributed by atoms with Gasteiger partial charge in [0.2, 0.25) is 5.91 Å². The van der Waals surface area contributed by atoms with Crippen LogP contribution in [-0.2, 0) is 4.79 Å². The molecule has 0 bridgehead atoms. The Balaban J connectivity index is 1.78. The Kier molecular flexibility index (Phi) is 3.46. The molecule has 0 radical (unpaired) electrons. The fraction of sp³-hybridized carbons (Fsp3) is 0.467. The monoisotopic (exact) mass is 290 g/mol. The van der Waals surface area contributed by atoms with Crippen LogP contribution < -0.4 is 10.6 Å². The van der Waals surface area contributed by atoms with E-state index in [0.717, 1.165) is 23.4 Å². The number of thioether (sulfide) groups is 1. The summed E-state index contributed by atoms with van der Waals surface area (Å²) in [7, 11) is 0.